The van der Waals surface area contributed by atoms with Crippen molar-refractivity contribution in [1.29, 1.82) is 0 Å². The Bertz CT molecular complexity index is 1260. The Morgan fingerprint density at radius 1 is 0.800 bits per heavy atom. The summed E-state index contributed by atoms with van der Waals surface area (Å²) in [5, 5.41) is 4.70. The molecule has 0 aliphatic rings. The van der Waals surface area contributed by atoms with Gasteiger partial charge in [0.15, 0.2) is 0 Å². The first-order valence-corrected chi connectivity index (χ1v) is 11.1. The molecule has 1 N–H and O–H groups in total. The summed E-state index contributed by atoms with van der Waals surface area (Å²) in [4.78, 5) is 21.0. The van der Waals surface area contributed by atoms with E-state index in [2.05, 4.69) is 23.5 Å². The Morgan fingerprint density at radius 2 is 1.33 bits per heavy atom. The number of aromatic nitrogens is 2. The topological polar surface area (TPSA) is 54.9 Å². The largest absolute Gasteiger partial charge is 0.326 e. The molecule has 0 radical (unpaired) electrons. The molecule has 0 unspecified atom stereocenters. The number of carbonyl (C=O) groups excluding carboxylic acids is 1. The van der Waals surface area contributed by atoms with Crippen LogP contribution in [0, 0.1) is 0 Å². The van der Waals surface area contributed by atoms with Crippen LogP contribution in [-0.2, 0) is 4.79 Å². The lowest BCUT2D eigenvalue weighted by Crippen LogP contribution is -2.05. The minimum atomic E-state index is -0.0806. The van der Waals surface area contributed by atoms with Gasteiger partial charge in [-0.25, -0.2) is 9.97 Å². The molecule has 0 aliphatic heterocycles. The van der Waals surface area contributed by atoms with Gasteiger partial charge in [-0.15, -0.1) is 22.7 Å². The molecular formula is C24H17N3OS2. The maximum absolute atomic E-state index is 11.3. The monoisotopic (exact) mass is 427 g/mol. The lowest BCUT2D eigenvalue weighted by Gasteiger charge is -2.04. The molecule has 2 heterocycles. The number of para-hydroxylation sites is 2. The van der Waals surface area contributed by atoms with E-state index in [-0.39, 0.29) is 5.91 Å². The second kappa shape index (κ2) is 7.82. The summed E-state index contributed by atoms with van der Waals surface area (Å²) in [6.07, 6.45) is 2.12. The zero-order chi connectivity index (χ0) is 20.5. The van der Waals surface area contributed by atoms with E-state index in [1.165, 1.54) is 6.92 Å². The van der Waals surface area contributed by atoms with Gasteiger partial charge < -0.3 is 5.32 Å². The summed E-state index contributed by atoms with van der Waals surface area (Å²) in [6.45, 7) is 1.51. The highest BCUT2D eigenvalue weighted by molar-refractivity contribution is 7.22. The first-order valence-electron chi connectivity index (χ1n) is 9.47. The Hall–Kier alpha value is -3.35. The third-order valence-corrected chi connectivity index (χ3v) is 6.73. The summed E-state index contributed by atoms with van der Waals surface area (Å²) in [6, 6.07) is 24.1. The van der Waals surface area contributed by atoms with Crippen molar-refractivity contribution >= 4 is 66.4 Å². The number of amides is 1. The number of carbonyl (C=O) groups is 1. The minimum Gasteiger partial charge on any atom is -0.326 e. The number of hydrogen-bond donors (Lipinski definition) is 1. The Balaban J connectivity index is 1.63. The van der Waals surface area contributed by atoms with Crippen LogP contribution in [0.1, 0.15) is 22.5 Å². The van der Waals surface area contributed by atoms with Crippen LogP contribution >= 0.6 is 22.7 Å². The lowest BCUT2D eigenvalue weighted by atomic mass is 10.1. The maximum atomic E-state index is 11.3. The molecule has 5 aromatic rings. The van der Waals surface area contributed by atoms with E-state index in [0.717, 1.165) is 47.3 Å². The fourth-order valence-electron chi connectivity index (χ4n) is 3.22. The van der Waals surface area contributed by atoms with Gasteiger partial charge in [-0.2, -0.15) is 0 Å². The molecule has 0 saturated carbocycles. The van der Waals surface area contributed by atoms with Crippen molar-refractivity contribution in [3.05, 3.63) is 88.4 Å². The van der Waals surface area contributed by atoms with Crippen LogP contribution in [0.2, 0.25) is 0 Å². The van der Waals surface area contributed by atoms with Crippen molar-refractivity contribution in [2.75, 3.05) is 5.32 Å². The van der Waals surface area contributed by atoms with Gasteiger partial charge in [0.1, 0.15) is 10.0 Å². The highest BCUT2D eigenvalue weighted by Crippen LogP contribution is 2.36. The van der Waals surface area contributed by atoms with E-state index in [4.69, 9.17) is 9.97 Å². The van der Waals surface area contributed by atoms with E-state index in [1.807, 2.05) is 60.7 Å². The second-order valence-corrected chi connectivity index (χ2v) is 8.90. The van der Waals surface area contributed by atoms with Gasteiger partial charge in [-0.1, -0.05) is 36.4 Å². The van der Waals surface area contributed by atoms with Gasteiger partial charge in [-0.05, 0) is 48.0 Å². The third kappa shape index (κ3) is 3.75. The van der Waals surface area contributed by atoms with Crippen LogP contribution in [-0.4, -0.2) is 15.9 Å². The lowest BCUT2D eigenvalue weighted by molar-refractivity contribution is -0.114. The van der Waals surface area contributed by atoms with Crippen molar-refractivity contribution in [3.63, 3.8) is 0 Å². The molecule has 2 aromatic heterocycles. The molecule has 0 fully saturated rings. The molecule has 6 heteroatoms. The fourth-order valence-corrected chi connectivity index (χ4v) is 5.25. The van der Waals surface area contributed by atoms with Gasteiger partial charge in [-0.3, -0.25) is 4.79 Å². The van der Waals surface area contributed by atoms with Gasteiger partial charge in [0.2, 0.25) is 5.91 Å². The SMILES string of the molecule is CC(=O)Nc1ccc(C=C(c2nc3ccccc3s2)c2nc3ccccc3s2)cc1. The van der Waals surface area contributed by atoms with E-state index in [1.54, 1.807) is 22.7 Å². The Morgan fingerprint density at radius 3 is 1.83 bits per heavy atom. The van der Waals surface area contributed by atoms with Crippen LogP contribution in [0.25, 0.3) is 32.1 Å². The summed E-state index contributed by atoms with van der Waals surface area (Å²) >= 11 is 3.34. The number of fused-ring (bicyclic) bond motifs is 2. The number of nitrogens with zero attached hydrogens (tertiary/aromatic N) is 2. The molecule has 3 aromatic carbocycles. The summed E-state index contributed by atoms with van der Waals surface area (Å²) in [5.41, 5.74) is 4.79. The van der Waals surface area contributed by atoms with Crippen molar-refractivity contribution in [1.82, 2.24) is 9.97 Å². The number of nitrogens with one attached hydrogen (secondary N) is 1. The van der Waals surface area contributed by atoms with Crippen LogP contribution < -0.4 is 5.32 Å². The molecule has 5 rings (SSSR count). The highest BCUT2D eigenvalue weighted by Gasteiger charge is 2.15. The minimum absolute atomic E-state index is 0.0806. The quantitative estimate of drug-likeness (QED) is 0.358. The van der Waals surface area contributed by atoms with Crippen LogP contribution in [0.3, 0.4) is 0 Å². The summed E-state index contributed by atoms with van der Waals surface area (Å²) in [7, 11) is 0. The van der Waals surface area contributed by atoms with Crippen LogP contribution in [0.15, 0.2) is 72.8 Å². The van der Waals surface area contributed by atoms with Crippen molar-refractivity contribution < 1.29 is 4.79 Å². The van der Waals surface area contributed by atoms with Crippen LogP contribution in [0.5, 0.6) is 0 Å². The smallest absolute Gasteiger partial charge is 0.221 e. The third-order valence-electron chi connectivity index (χ3n) is 4.59. The highest BCUT2D eigenvalue weighted by atomic mass is 32.1. The van der Waals surface area contributed by atoms with Gasteiger partial charge in [0, 0.05) is 18.2 Å². The molecule has 30 heavy (non-hydrogen) atoms. The van der Waals surface area contributed by atoms with E-state index in [9.17, 15) is 4.79 Å². The van der Waals surface area contributed by atoms with Crippen molar-refractivity contribution in [3.8, 4) is 0 Å². The van der Waals surface area contributed by atoms with Crippen molar-refractivity contribution in [2.45, 2.75) is 6.92 Å². The molecule has 0 spiro atoms. The van der Waals surface area contributed by atoms with Gasteiger partial charge in [0.25, 0.3) is 0 Å². The first kappa shape index (κ1) is 18.7. The van der Waals surface area contributed by atoms with Gasteiger partial charge in [0.05, 0.1) is 20.4 Å². The molecule has 4 nitrogen and oxygen atoms in total. The number of hydrogen-bond acceptors (Lipinski definition) is 5. The standard InChI is InChI=1S/C24H17N3OS2/c1-15(28)25-17-12-10-16(11-13-17)14-18(23-26-19-6-2-4-8-21(19)29-23)24-27-20-7-3-5-9-22(20)30-24/h2-14H,1H3,(H,25,28). The zero-order valence-electron chi connectivity index (χ0n) is 16.1. The Kier molecular flexibility index (Phi) is 4.86. The summed E-state index contributed by atoms with van der Waals surface area (Å²) < 4.78 is 2.31. The predicted molar refractivity (Wildman–Crippen MR) is 127 cm³/mol. The molecule has 0 aliphatic carbocycles. The fraction of sp³-hybridized carbons (Fsp3) is 0.0417. The average molecular weight is 428 g/mol. The van der Waals surface area contributed by atoms with E-state index >= 15 is 0 Å². The molecule has 0 bridgehead atoms. The predicted octanol–water partition coefficient (Wildman–Crippen LogP) is 6.45. The number of benzene rings is 3. The zero-order valence-corrected chi connectivity index (χ0v) is 17.8. The average Bonchev–Trinajstić information content (AvgIpc) is 3.36. The number of thiazole rings is 2. The number of rotatable bonds is 4. The van der Waals surface area contributed by atoms with Crippen molar-refractivity contribution in [2.24, 2.45) is 0 Å². The van der Waals surface area contributed by atoms with Gasteiger partial charge >= 0.3 is 0 Å². The second-order valence-electron chi connectivity index (χ2n) is 6.83. The number of anilines is 1. The normalized spacial score (nSPS) is 11.0. The van der Waals surface area contributed by atoms with E-state index < -0.39 is 0 Å². The maximum Gasteiger partial charge on any atom is 0.221 e. The first-order chi connectivity index (χ1) is 14.7. The summed E-state index contributed by atoms with van der Waals surface area (Å²) in [5.74, 6) is -0.0806. The Labute approximate surface area is 181 Å². The van der Waals surface area contributed by atoms with E-state index in [0.29, 0.717) is 0 Å². The molecule has 0 atom stereocenters. The van der Waals surface area contributed by atoms with Crippen LogP contribution in [0.4, 0.5) is 5.69 Å². The molecule has 146 valence electrons. The molecular weight excluding hydrogens is 410 g/mol. The molecule has 1 amide bonds. The molecule has 0 saturated heterocycles.